The van der Waals surface area contributed by atoms with E-state index in [0.29, 0.717) is 22.6 Å². The molecule has 2 rings (SSSR count). The van der Waals surface area contributed by atoms with Crippen molar-refractivity contribution in [2.24, 2.45) is 0 Å². The highest BCUT2D eigenvalue weighted by molar-refractivity contribution is 9.10. The van der Waals surface area contributed by atoms with Crippen LogP contribution in [0.15, 0.2) is 40.9 Å². The number of carbonyl (C=O) groups excluding carboxylic acids is 1. The molecule has 4 heteroatoms. The maximum absolute atomic E-state index is 12.6. The maximum Gasteiger partial charge on any atom is 0.194 e. The van der Waals surface area contributed by atoms with Gasteiger partial charge in [-0.1, -0.05) is 22.0 Å². The fraction of sp³-hybridized carbons (Fsp3) is 0.188. The Hall–Kier alpha value is -1.81. The van der Waals surface area contributed by atoms with Crippen LogP contribution < -0.4 is 9.47 Å². The minimum Gasteiger partial charge on any atom is -0.497 e. The lowest BCUT2D eigenvalue weighted by molar-refractivity contribution is 0.103. The van der Waals surface area contributed by atoms with Gasteiger partial charge in [-0.05, 0) is 36.8 Å². The number of hydrogen-bond donors (Lipinski definition) is 0. The number of benzene rings is 2. The number of ether oxygens (including phenoxy) is 2. The zero-order valence-electron chi connectivity index (χ0n) is 11.6. The Morgan fingerprint density at radius 2 is 1.60 bits per heavy atom. The van der Waals surface area contributed by atoms with Gasteiger partial charge in [0.1, 0.15) is 11.5 Å². The lowest BCUT2D eigenvalue weighted by Gasteiger charge is -2.09. The predicted molar refractivity (Wildman–Crippen MR) is 81.9 cm³/mol. The van der Waals surface area contributed by atoms with E-state index in [4.69, 9.17) is 9.47 Å². The van der Waals surface area contributed by atoms with Crippen LogP contribution in [0.4, 0.5) is 0 Å². The molecule has 0 aliphatic rings. The number of rotatable bonds is 4. The molecule has 20 heavy (non-hydrogen) atoms. The minimum absolute atomic E-state index is 0.0749. The summed E-state index contributed by atoms with van der Waals surface area (Å²) >= 11 is 3.43. The highest BCUT2D eigenvalue weighted by atomic mass is 79.9. The molecule has 0 atom stereocenters. The Bertz CT molecular complexity index is 628. The third-order valence-electron chi connectivity index (χ3n) is 2.98. The Balaban J connectivity index is 2.47. The van der Waals surface area contributed by atoms with Crippen molar-refractivity contribution in [3.63, 3.8) is 0 Å². The van der Waals surface area contributed by atoms with Gasteiger partial charge < -0.3 is 9.47 Å². The Labute approximate surface area is 126 Å². The summed E-state index contributed by atoms with van der Waals surface area (Å²) in [6, 6.07) is 10.8. The van der Waals surface area contributed by atoms with Crippen molar-refractivity contribution in [3.8, 4) is 11.5 Å². The molecule has 104 valence electrons. The monoisotopic (exact) mass is 334 g/mol. The number of hydrogen-bond acceptors (Lipinski definition) is 3. The van der Waals surface area contributed by atoms with Gasteiger partial charge in [0.15, 0.2) is 5.78 Å². The SMILES string of the molecule is COc1cc(OC)cc(C(=O)c2ccc(C)cc2Br)c1. The van der Waals surface area contributed by atoms with Gasteiger partial charge in [-0.3, -0.25) is 4.79 Å². The van der Waals surface area contributed by atoms with Crippen LogP contribution in [0.3, 0.4) is 0 Å². The van der Waals surface area contributed by atoms with Gasteiger partial charge in [0.05, 0.1) is 14.2 Å². The lowest BCUT2D eigenvalue weighted by Crippen LogP contribution is -2.03. The summed E-state index contributed by atoms with van der Waals surface area (Å²) < 4.78 is 11.2. The van der Waals surface area contributed by atoms with Crippen LogP contribution in [-0.2, 0) is 0 Å². The van der Waals surface area contributed by atoms with Gasteiger partial charge in [-0.25, -0.2) is 0 Å². The first kappa shape index (κ1) is 14.6. The first-order chi connectivity index (χ1) is 9.55. The topological polar surface area (TPSA) is 35.5 Å². The summed E-state index contributed by atoms with van der Waals surface area (Å²) in [7, 11) is 3.12. The molecule has 2 aromatic rings. The van der Waals surface area contributed by atoms with Crippen LogP contribution in [0.2, 0.25) is 0 Å². The molecule has 0 aromatic heterocycles. The summed E-state index contributed by atoms with van der Waals surface area (Å²) in [5, 5.41) is 0. The Morgan fingerprint density at radius 1 is 1.00 bits per heavy atom. The molecule has 0 heterocycles. The van der Waals surface area contributed by atoms with Gasteiger partial charge in [-0.2, -0.15) is 0 Å². The fourth-order valence-corrected chi connectivity index (χ4v) is 2.57. The molecule has 0 fully saturated rings. The fourth-order valence-electron chi connectivity index (χ4n) is 1.90. The molecule has 0 aliphatic carbocycles. The van der Waals surface area contributed by atoms with E-state index in [1.807, 2.05) is 25.1 Å². The minimum atomic E-state index is -0.0749. The third kappa shape index (κ3) is 3.02. The quantitative estimate of drug-likeness (QED) is 0.792. The van der Waals surface area contributed by atoms with Crippen molar-refractivity contribution in [1.29, 1.82) is 0 Å². The molecule has 0 aliphatic heterocycles. The van der Waals surface area contributed by atoms with Crippen molar-refractivity contribution in [2.45, 2.75) is 6.92 Å². The Kier molecular flexibility index (Phi) is 4.45. The van der Waals surface area contributed by atoms with Crippen molar-refractivity contribution < 1.29 is 14.3 Å². The van der Waals surface area contributed by atoms with E-state index in [-0.39, 0.29) is 5.78 Å². The van der Waals surface area contributed by atoms with E-state index in [1.165, 1.54) is 0 Å². The number of methoxy groups -OCH3 is 2. The lowest BCUT2D eigenvalue weighted by atomic mass is 10.0. The first-order valence-electron chi connectivity index (χ1n) is 6.09. The van der Waals surface area contributed by atoms with Crippen LogP contribution in [0.25, 0.3) is 0 Å². The van der Waals surface area contributed by atoms with E-state index in [2.05, 4.69) is 15.9 Å². The van der Waals surface area contributed by atoms with Crippen molar-refractivity contribution in [2.75, 3.05) is 14.2 Å². The molecule has 0 unspecified atom stereocenters. The van der Waals surface area contributed by atoms with E-state index in [1.54, 1.807) is 32.4 Å². The van der Waals surface area contributed by atoms with Gasteiger partial charge in [0, 0.05) is 21.7 Å². The standard InChI is InChI=1S/C16H15BrO3/c1-10-4-5-14(15(17)6-10)16(18)11-7-12(19-2)9-13(8-11)20-3/h4-9H,1-3H3. The largest absolute Gasteiger partial charge is 0.497 e. The zero-order chi connectivity index (χ0) is 14.7. The average molecular weight is 335 g/mol. The molecule has 0 bridgehead atoms. The second-order valence-electron chi connectivity index (χ2n) is 4.41. The third-order valence-corrected chi connectivity index (χ3v) is 3.64. The first-order valence-corrected chi connectivity index (χ1v) is 6.88. The van der Waals surface area contributed by atoms with Gasteiger partial charge in [-0.15, -0.1) is 0 Å². The molecular weight excluding hydrogens is 320 g/mol. The highest BCUT2D eigenvalue weighted by Gasteiger charge is 2.15. The maximum atomic E-state index is 12.6. The molecule has 0 amide bonds. The van der Waals surface area contributed by atoms with Crippen LogP contribution in [-0.4, -0.2) is 20.0 Å². The van der Waals surface area contributed by atoms with E-state index in [9.17, 15) is 4.79 Å². The number of carbonyl (C=O) groups is 1. The number of halogens is 1. The van der Waals surface area contributed by atoms with Gasteiger partial charge in [0.2, 0.25) is 0 Å². The van der Waals surface area contributed by atoms with Crippen molar-refractivity contribution in [1.82, 2.24) is 0 Å². The second-order valence-corrected chi connectivity index (χ2v) is 5.27. The smallest absolute Gasteiger partial charge is 0.194 e. The normalized spacial score (nSPS) is 10.2. The van der Waals surface area contributed by atoms with Crippen LogP contribution in [0.1, 0.15) is 21.5 Å². The summed E-state index contributed by atoms with van der Waals surface area (Å²) in [6.45, 7) is 1.98. The van der Waals surface area contributed by atoms with Crippen LogP contribution >= 0.6 is 15.9 Å². The Morgan fingerprint density at radius 3 is 2.10 bits per heavy atom. The molecule has 0 saturated carbocycles. The molecular formula is C16H15BrO3. The molecule has 0 N–H and O–H groups in total. The van der Waals surface area contributed by atoms with Gasteiger partial charge in [0.25, 0.3) is 0 Å². The van der Waals surface area contributed by atoms with Crippen LogP contribution in [0, 0.1) is 6.92 Å². The molecule has 0 saturated heterocycles. The zero-order valence-corrected chi connectivity index (χ0v) is 13.2. The number of ketones is 1. The summed E-state index contributed by atoms with van der Waals surface area (Å²) in [5.41, 5.74) is 2.24. The molecule has 2 aromatic carbocycles. The van der Waals surface area contributed by atoms with E-state index >= 15 is 0 Å². The van der Waals surface area contributed by atoms with Gasteiger partial charge >= 0.3 is 0 Å². The second kappa shape index (κ2) is 6.09. The summed E-state index contributed by atoms with van der Waals surface area (Å²) in [5.74, 6) is 1.11. The van der Waals surface area contributed by atoms with Crippen molar-refractivity contribution >= 4 is 21.7 Å². The van der Waals surface area contributed by atoms with E-state index < -0.39 is 0 Å². The summed E-state index contributed by atoms with van der Waals surface area (Å²) in [4.78, 5) is 12.6. The number of aryl methyl sites for hydroxylation is 1. The summed E-state index contributed by atoms with van der Waals surface area (Å²) in [6.07, 6.45) is 0. The highest BCUT2D eigenvalue weighted by Crippen LogP contribution is 2.27. The molecule has 0 spiro atoms. The molecule has 3 nitrogen and oxygen atoms in total. The molecule has 0 radical (unpaired) electrons. The van der Waals surface area contributed by atoms with E-state index in [0.717, 1.165) is 10.0 Å². The average Bonchev–Trinajstić information content (AvgIpc) is 2.46. The van der Waals surface area contributed by atoms with Crippen LogP contribution in [0.5, 0.6) is 11.5 Å². The predicted octanol–water partition coefficient (Wildman–Crippen LogP) is 4.01. The van der Waals surface area contributed by atoms with Crippen molar-refractivity contribution in [3.05, 3.63) is 57.6 Å².